The van der Waals surface area contributed by atoms with Crippen molar-refractivity contribution in [1.29, 1.82) is 0 Å². The molecule has 2 fully saturated rings. The highest BCUT2D eigenvalue weighted by Gasteiger charge is 2.44. The standard InChI is InChI=1S/C17H19N5O3S2/c1-25-10-15-18-17(26-19-15)22-8-11-6-21(7-12(11)9-22)16-13-4-2-3-5-14(13)27(23,24)20-16/h2-5,11-12H,6-10H2,1H3. The SMILES string of the molecule is COCc1nsc(N2CC3CN(C4=NS(=O)(=O)c5ccccc54)CC3C2)n1. The van der Waals surface area contributed by atoms with E-state index in [9.17, 15) is 8.42 Å². The summed E-state index contributed by atoms with van der Waals surface area (Å²) in [6.45, 7) is 3.87. The normalized spacial score (nSPS) is 25.6. The average molecular weight is 406 g/mol. The highest BCUT2D eigenvalue weighted by atomic mass is 32.2. The highest BCUT2D eigenvalue weighted by Crippen LogP contribution is 2.37. The first kappa shape index (κ1) is 17.1. The van der Waals surface area contributed by atoms with E-state index in [0.717, 1.165) is 42.7 Å². The second-order valence-electron chi connectivity index (χ2n) is 7.14. The van der Waals surface area contributed by atoms with Gasteiger partial charge in [0.2, 0.25) is 5.13 Å². The molecule has 0 spiro atoms. The molecule has 2 atom stereocenters. The minimum atomic E-state index is -3.56. The molecule has 3 aliphatic rings. The van der Waals surface area contributed by atoms with Crippen molar-refractivity contribution in [3.8, 4) is 0 Å². The fraction of sp³-hybridized carbons (Fsp3) is 0.471. The van der Waals surface area contributed by atoms with Gasteiger partial charge < -0.3 is 14.5 Å². The van der Waals surface area contributed by atoms with Crippen LogP contribution in [0, 0.1) is 11.8 Å². The topological polar surface area (TPSA) is 88.0 Å². The Balaban J connectivity index is 1.32. The molecule has 5 rings (SSSR count). The number of hydrogen-bond acceptors (Lipinski definition) is 8. The molecule has 0 radical (unpaired) electrons. The molecule has 2 aromatic rings. The maximum Gasteiger partial charge on any atom is 0.285 e. The van der Waals surface area contributed by atoms with Gasteiger partial charge in [0.05, 0.1) is 0 Å². The van der Waals surface area contributed by atoms with Gasteiger partial charge in [-0.25, -0.2) is 4.98 Å². The van der Waals surface area contributed by atoms with E-state index in [4.69, 9.17) is 4.74 Å². The minimum absolute atomic E-state index is 0.318. The number of ether oxygens (including phenoxy) is 1. The van der Waals surface area contributed by atoms with Crippen LogP contribution in [0.4, 0.5) is 5.13 Å². The van der Waals surface area contributed by atoms with E-state index in [1.54, 1.807) is 19.2 Å². The first-order valence-corrected chi connectivity index (χ1v) is 11.0. The molecule has 0 bridgehead atoms. The van der Waals surface area contributed by atoms with E-state index in [2.05, 4.69) is 23.6 Å². The zero-order valence-electron chi connectivity index (χ0n) is 14.8. The fourth-order valence-corrected chi connectivity index (χ4v) is 6.12. The van der Waals surface area contributed by atoms with Crippen molar-refractivity contribution in [2.45, 2.75) is 11.5 Å². The average Bonchev–Trinajstić information content (AvgIpc) is 3.37. The van der Waals surface area contributed by atoms with Crippen LogP contribution in [0.5, 0.6) is 0 Å². The molecule has 4 heterocycles. The first-order valence-electron chi connectivity index (χ1n) is 8.81. The van der Waals surface area contributed by atoms with Crippen molar-refractivity contribution in [2.24, 2.45) is 16.2 Å². The predicted molar refractivity (Wildman–Crippen MR) is 102 cm³/mol. The number of rotatable bonds is 3. The van der Waals surface area contributed by atoms with E-state index >= 15 is 0 Å². The van der Waals surface area contributed by atoms with Gasteiger partial charge >= 0.3 is 0 Å². The number of fused-ring (bicyclic) bond motifs is 2. The summed E-state index contributed by atoms with van der Waals surface area (Å²) in [5, 5.41) is 0.939. The predicted octanol–water partition coefficient (Wildman–Crippen LogP) is 1.20. The monoisotopic (exact) mass is 405 g/mol. The third-order valence-corrected chi connectivity index (χ3v) is 7.54. The molecule has 0 aliphatic carbocycles. The molecule has 2 saturated heterocycles. The van der Waals surface area contributed by atoms with Crippen LogP contribution in [-0.4, -0.2) is 61.8 Å². The van der Waals surface area contributed by atoms with Crippen LogP contribution >= 0.6 is 11.5 Å². The Labute approximate surface area is 161 Å². The van der Waals surface area contributed by atoms with Gasteiger partial charge in [0.15, 0.2) is 11.7 Å². The second-order valence-corrected chi connectivity index (χ2v) is 9.45. The largest absolute Gasteiger partial charge is 0.377 e. The van der Waals surface area contributed by atoms with Gasteiger partial charge in [-0.05, 0) is 12.1 Å². The van der Waals surface area contributed by atoms with E-state index < -0.39 is 10.0 Å². The first-order chi connectivity index (χ1) is 13.0. The molecule has 8 nitrogen and oxygen atoms in total. The molecule has 142 valence electrons. The molecule has 1 aromatic carbocycles. The minimum Gasteiger partial charge on any atom is -0.377 e. The number of likely N-dealkylation sites (tertiary alicyclic amines) is 1. The Morgan fingerprint density at radius 3 is 2.59 bits per heavy atom. The summed E-state index contributed by atoms with van der Waals surface area (Å²) in [6.07, 6.45) is 0. The van der Waals surface area contributed by atoms with Gasteiger partial charge in [0.1, 0.15) is 11.5 Å². The third-order valence-electron chi connectivity index (χ3n) is 5.40. The Bertz CT molecular complexity index is 1010. The van der Waals surface area contributed by atoms with Crippen LogP contribution in [0.3, 0.4) is 0 Å². The summed E-state index contributed by atoms with van der Waals surface area (Å²) >= 11 is 1.41. The molecule has 0 amide bonds. The fourth-order valence-electron chi connectivity index (χ4n) is 4.20. The van der Waals surface area contributed by atoms with Crippen molar-refractivity contribution in [3.63, 3.8) is 0 Å². The van der Waals surface area contributed by atoms with Crippen LogP contribution in [0.25, 0.3) is 0 Å². The summed E-state index contributed by atoms with van der Waals surface area (Å²) in [7, 11) is -1.93. The lowest BCUT2D eigenvalue weighted by atomic mass is 10.0. The molecule has 3 aliphatic heterocycles. The van der Waals surface area contributed by atoms with Crippen LogP contribution in [0.15, 0.2) is 33.6 Å². The van der Waals surface area contributed by atoms with Crippen molar-refractivity contribution in [1.82, 2.24) is 14.3 Å². The van der Waals surface area contributed by atoms with Crippen molar-refractivity contribution in [2.75, 3.05) is 38.2 Å². The van der Waals surface area contributed by atoms with E-state index in [1.807, 2.05) is 12.1 Å². The molecule has 1 aromatic heterocycles. The molecule has 0 N–H and O–H groups in total. The number of anilines is 1. The number of sulfonamides is 1. The number of aromatic nitrogens is 2. The Morgan fingerprint density at radius 2 is 1.85 bits per heavy atom. The van der Waals surface area contributed by atoms with Crippen molar-refractivity contribution < 1.29 is 13.2 Å². The number of hydrogen-bond donors (Lipinski definition) is 0. The molecular formula is C17H19N5O3S2. The highest BCUT2D eigenvalue weighted by molar-refractivity contribution is 7.90. The Kier molecular flexibility index (Phi) is 3.95. The van der Waals surface area contributed by atoms with Gasteiger partial charge in [0, 0.05) is 62.2 Å². The van der Waals surface area contributed by atoms with Crippen molar-refractivity contribution >= 4 is 32.5 Å². The van der Waals surface area contributed by atoms with Gasteiger partial charge in [0.25, 0.3) is 10.0 Å². The molecular weight excluding hydrogens is 386 g/mol. The van der Waals surface area contributed by atoms with Crippen LogP contribution in [0.1, 0.15) is 11.4 Å². The number of nitrogens with zero attached hydrogens (tertiary/aromatic N) is 5. The Morgan fingerprint density at radius 1 is 1.15 bits per heavy atom. The molecule has 27 heavy (non-hydrogen) atoms. The van der Waals surface area contributed by atoms with Crippen LogP contribution < -0.4 is 4.90 Å². The summed E-state index contributed by atoms with van der Waals surface area (Å²) in [4.78, 5) is 9.28. The maximum atomic E-state index is 12.3. The third kappa shape index (κ3) is 2.82. The summed E-state index contributed by atoms with van der Waals surface area (Å²) in [5.41, 5.74) is 0.725. The number of amidine groups is 1. The van der Waals surface area contributed by atoms with Gasteiger partial charge in [-0.3, -0.25) is 0 Å². The summed E-state index contributed by atoms with van der Waals surface area (Å²) < 4.78 is 38.1. The van der Waals surface area contributed by atoms with Gasteiger partial charge in [-0.1, -0.05) is 12.1 Å². The maximum absolute atomic E-state index is 12.3. The smallest absolute Gasteiger partial charge is 0.285 e. The lowest BCUT2D eigenvalue weighted by molar-refractivity contribution is 0.179. The lowest BCUT2D eigenvalue weighted by Gasteiger charge is -2.22. The van der Waals surface area contributed by atoms with Crippen LogP contribution in [-0.2, 0) is 21.4 Å². The van der Waals surface area contributed by atoms with Gasteiger partial charge in [-0.2, -0.15) is 12.8 Å². The molecule has 0 saturated carbocycles. The molecule has 2 unspecified atom stereocenters. The molecule has 10 heteroatoms. The van der Waals surface area contributed by atoms with E-state index in [1.165, 1.54) is 11.5 Å². The zero-order chi connectivity index (χ0) is 18.6. The number of benzene rings is 1. The quantitative estimate of drug-likeness (QED) is 0.758. The van der Waals surface area contributed by atoms with Crippen molar-refractivity contribution in [3.05, 3.63) is 35.7 Å². The number of methoxy groups -OCH3 is 1. The summed E-state index contributed by atoms with van der Waals surface area (Å²) in [5.74, 6) is 2.26. The van der Waals surface area contributed by atoms with E-state index in [-0.39, 0.29) is 0 Å². The Hall–Kier alpha value is -2.04. The van der Waals surface area contributed by atoms with E-state index in [0.29, 0.717) is 29.2 Å². The van der Waals surface area contributed by atoms with Crippen LogP contribution in [0.2, 0.25) is 0 Å². The summed E-state index contributed by atoms with van der Waals surface area (Å²) in [6, 6.07) is 7.08. The zero-order valence-corrected chi connectivity index (χ0v) is 16.4. The lowest BCUT2D eigenvalue weighted by Crippen LogP contribution is -2.33. The second kappa shape index (κ2) is 6.25. The van der Waals surface area contributed by atoms with Gasteiger partial charge in [-0.15, -0.1) is 4.40 Å².